The Morgan fingerprint density at radius 3 is 2.73 bits per heavy atom. The molecule has 1 amide bonds. The van der Waals surface area contributed by atoms with E-state index in [-0.39, 0.29) is 5.91 Å². The molecular formula is C19H25N5O2. The van der Waals surface area contributed by atoms with Crippen molar-refractivity contribution < 1.29 is 9.53 Å². The number of carbonyl (C=O) groups is 1. The number of aromatic nitrogens is 3. The van der Waals surface area contributed by atoms with Gasteiger partial charge in [-0.05, 0) is 31.2 Å². The van der Waals surface area contributed by atoms with Gasteiger partial charge in [0.05, 0.1) is 7.11 Å². The molecule has 0 unspecified atom stereocenters. The molecule has 1 N–H and O–H groups in total. The van der Waals surface area contributed by atoms with Gasteiger partial charge in [0.1, 0.15) is 0 Å². The maximum Gasteiger partial charge on any atom is 0.274 e. The molecular weight excluding hydrogens is 330 g/mol. The van der Waals surface area contributed by atoms with Gasteiger partial charge in [-0.25, -0.2) is 4.98 Å². The highest BCUT2D eigenvalue weighted by molar-refractivity contribution is 5.94. The summed E-state index contributed by atoms with van der Waals surface area (Å²) in [5.41, 5.74) is 4.11. The maximum absolute atomic E-state index is 12.9. The summed E-state index contributed by atoms with van der Waals surface area (Å²) >= 11 is 0. The summed E-state index contributed by atoms with van der Waals surface area (Å²) in [6, 6.07) is 3.93. The van der Waals surface area contributed by atoms with Crippen LogP contribution in [0.1, 0.15) is 40.2 Å². The lowest BCUT2D eigenvalue weighted by Crippen LogP contribution is -2.48. The molecule has 0 atom stereocenters. The van der Waals surface area contributed by atoms with Crippen LogP contribution >= 0.6 is 0 Å². The van der Waals surface area contributed by atoms with E-state index < -0.39 is 0 Å². The number of nitrogens with one attached hydrogen (secondary N) is 1. The lowest BCUT2D eigenvalue weighted by atomic mass is 9.95. The van der Waals surface area contributed by atoms with Crippen LogP contribution in [0.2, 0.25) is 0 Å². The SMILES string of the molecule is COc1ccc(CN2CCN(C(=O)c3n[nH]c4c3CCCC4)CC2)cn1. The van der Waals surface area contributed by atoms with Gasteiger partial charge >= 0.3 is 0 Å². The lowest BCUT2D eigenvalue weighted by Gasteiger charge is -2.34. The Morgan fingerprint density at radius 2 is 2.00 bits per heavy atom. The van der Waals surface area contributed by atoms with Gasteiger partial charge in [-0.1, -0.05) is 6.07 Å². The van der Waals surface area contributed by atoms with E-state index in [1.54, 1.807) is 7.11 Å². The fourth-order valence-corrected chi connectivity index (χ4v) is 3.80. The summed E-state index contributed by atoms with van der Waals surface area (Å²) in [5.74, 6) is 0.710. The van der Waals surface area contributed by atoms with Crippen molar-refractivity contribution in [3.05, 3.63) is 40.8 Å². The molecule has 0 radical (unpaired) electrons. The molecule has 2 aromatic heterocycles. The average Bonchev–Trinajstić information content (AvgIpc) is 3.13. The number of pyridine rings is 1. The van der Waals surface area contributed by atoms with Crippen LogP contribution in [0.15, 0.2) is 18.3 Å². The predicted octanol–water partition coefficient (Wildman–Crippen LogP) is 1.65. The van der Waals surface area contributed by atoms with Gasteiger partial charge in [0, 0.05) is 56.2 Å². The first-order chi connectivity index (χ1) is 12.7. The summed E-state index contributed by atoms with van der Waals surface area (Å²) in [4.78, 5) is 21.4. The highest BCUT2D eigenvalue weighted by Gasteiger charge is 2.28. The number of nitrogens with zero attached hydrogens (tertiary/aromatic N) is 4. The zero-order valence-corrected chi connectivity index (χ0v) is 15.2. The van der Waals surface area contributed by atoms with Gasteiger partial charge in [-0.3, -0.25) is 14.8 Å². The van der Waals surface area contributed by atoms with E-state index in [9.17, 15) is 4.79 Å². The second-order valence-electron chi connectivity index (χ2n) is 7.01. The zero-order chi connectivity index (χ0) is 17.9. The summed E-state index contributed by atoms with van der Waals surface area (Å²) < 4.78 is 5.10. The number of carbonyl (C=O) groups excluding carboxylic acids is 1. The molecule has 1 saturated heterocycles. The molecule has 2 aliphatic rings. The Labute approximate surface area is 153 Å². The highest BCUT2D eigenvalue weighted by atomic mass is 16.5. The summed E-state index contributed by atoms with van der Waals surface area (Å²) in [5, 5.41) is 7.40. The average molecular weight is 355 g/mol. The molecule has 2 aromatic rings. The fraction of sp³-hybridized carbons (Fsp3) is 0.526. The number of H-pyrrole nitrogens is 1. The van der Waals surface area contributed by atoms with Crippen LogP contribution in [0.25, 0.3) is 0 Å². The Bertz CT molecular complexity index is 763. The zero-order valence-electron chi connectivity index (χ0n) is 15.2. The molecule has 0 saturated carbocycles. The Kier molecular flexibility index (Phi) is 4.88. The largest absolute Gasteiger partial charge is 0.481 e. The van der Waals surface area contributed by atoms with Crippen LogP contribution in [0, 0.1) is 0 Å². The number of hydrogen-bond donors (Lipinski definition) is 1. The number of methoxy groups -OCH3 is 1. The minimum absolute atomic E-state index is 0.0789. The van der Waals surface area contributed by atoms with Crippen LogP contribution < -0.4 is 4.74 Å². The predicted molar refractivity (Wildman–Crippen MR) is 97.2 cm³/mol. The Hall–Kier alpha value is -2.41. The summed E-state index contributed by atoms with van der Waals surface area (Å²) in [6.07, 6.45) is 6.17. The van der Waals surface area contributed by atoms with Gasteiger partial charge in [0.2, 0.25) is 5.88 Å². The second-order valence-corrected chi connectivity index (χ2v) is 7.01. The third-order valence-corrected chi connectivity index (χ3v) is 5.33. The number of aryl methyl sites for hydroxylation is 1. The van der Waals surface area contributed by atoms with E-state index in [0.717, 1.165) is 68.8 Å². The number of piperazine rings is 1. The van der Waals surface area contributed by atoms with Crippen LogP contribution in [0.4, 0.5) is 0 Å². The van der Waals surface area contributed by atoms with Gasteiger partial charge in [0.25, 0.3) is 5.91 Å². The summed E-state index contributed by atoms with van der Waals surface area (Å²) in [7, 11) is 1.62. The van der Waals surface area contributed by atoms with Crippen molar-refractivity contribution in [2.75, 3.05) is 33.3 Å². The van der Waals surface area contributed by atoms with Crippen LogP contribution in [0.3, 0.4) is 0 Å². The van der Waals surface area contributed by atoms with Crippen molar-refractivity contribution in [1.82, 2.24) is 25.0 Å². The Morgan fingerprint density at radius 1 is 1.19 bits per heavy atom. The topological polar surface area (TPSA) is 74.3 Å². The van der Waals surface area contributed by atoms with Crippen LogP contribution in [-0.2, 0) is 19.4 Å². The van der Waals surface area contributed by atoms with Gasteiger partial charge in [-0.2, -0.15) is 5.10 Å². The highest BCUT2D eigenvalue weighted by Crippen LogP contribution is 2.23. The van der Waals surface area contributed by atoms with Crippen LogP contribution in [-0.4, -0.2) is 64.2 Å². The molecule has 138 valence electrons. The molecule has 1 aliphatic heterocycles. The van der Waals surface area contributed by atoms with Crippen molar-refractivity contribution in [3.63, 3.8) is 0 Å². The van der Waals surface area contributed by atoms with E-state index in [4.69, 9.17) is 4.74 Å². The van der Waals surface area contributed by atoms with Crippen molar-refractivity contribution in [2.45, 2.75) is 32.2 Å². The number of rotatable bonds is 4. The fourth-order valence-electron chi connectivity index (χ4n) is 3.80. The van der Waals surface area contributed by atoms with Crippen molar-refractivity contribution in [3.8, 4) is 5.88 Å². The van der Waals surface area contributed by atoms with Crippen LogP contribution in [0.5, 0.6) is 5.88 Å². The van der Waals surface area contributed by atoms with Crippen molar-refractivity contribution in [2.24, 2.45) is 0 Å². The molecule has 1 aliphatic carbocycles. The molecule has 0 spiro atoms. The number of hydrogen-bond acceptors (Lipinski definition) is 5. The normalized spacial score (nSPS) is 17.8. The smallest absolute Gasteiger partial charge is 0.274 e. The van der Waals surface area contributed by atoms with E-state index >= 15 is 0 Å². The minimum Gasteiger partial charge on any atom is -0.481 e. The summed E-state index contributed by atoms with van der Waals surface area (Å²) in [6.45, 7) is 4.06. The van der Waals surface area contributed by atoms with Crippen molar-refractivity contribution in [1.29, 1.82) is 0 Å². The van der Waals surface area contributed by atoms with Crippen molar-refractivity contribution >= 4 is 5.91 Å². The first-order valence-corrected chi connectivity index (χ1v) is 9.31. The minimum atomic E-state index is 0.0789. The van der Waals surface area contributed by atoms with Gasteiger partial charge in [0.15, 0.2) is 5.69 Å². The van der Waals surface area contributed by atoms with E-state index in [1.807, 2.05) is 23.2 Å². The lowest BCUT2D eigenvalue weighted by molar-refractivity contribution is 0.0621. The second kappa shape index (κ2) is 7.45. The first-order valence-electron chi connectivity index (χ1n) is 9.31. The standard InChI is InChI=1S/C19H25N5O2/c1-26-17-7-6-14(12-20-17)13-23-8-10-24(11-9-23)19(25)18-15-4-2-3-5-16(15)21-22-18/h6-7,12H,2-5,8-11,13H2,1H3,(H,21,22). The molecule has 7 heteroatoms. The number of fused-ring (bicyclic) bond motifs is 1. The first kappa shape index (κ1) is 17.0. The van der Waals surface area contributed by atoms with E-state index in [1.165, 1.54) is 6.42 Å². The quantitative estimate of drug-likeness (QED) is 0.903. The monoisotopic (exact) mass is 355 g/mol. The molecule has 7 nitrogen and oxygen atoms in total. The molecule has 3 heterocycles. The number of amides is 1. The third-order valence-electron chi connectivity index (χ3n) is 5.33. The number of aromatic amines is 1. The number of ether oxygens (including phenoxy) is 1. The van der Waals surface area contributed by atoms with E-state index in [2.05, 4.69) is 20.1 Å². The molecule has 26 heavy (non-hydrogen) atoms. The molecule has 1 fully saturated rings. The molecule has 0 bridgehead atoms. The maximum atomic E-state index is 12.9. The Balaban J connectivity index is 1.34. The van der Waals surface area contributed by atoms with Gasteiger partial charge in [-0.15, -0.1) is 0 Å². The third kappa shape index (κ3) is 3.44. The van der Waals surface area contributed by atoms with E-state index in [0.29, 0.717) is 11.6 Å². The molecule has 0 aromatic carbocycles. The molecule has 4 rings (SSSR count). The van der Waals surface area contributed by atoms with Gasteiger partial charge < -0.3 is 9.64 Å².